The SMILES string of the molecule is CC(C)=CC(=O)NCCCOC1CCCCC1. The molecule has 0 aliphatic heterocycles. The first-order chi connectivity index (χ1) is 8.18. The van der Waals surface area contributed by atoms with Crippen LogP contribution in [0.3, 0.4) is 0 Å². The lowest BCUT2D eigenvalue weighted by atomic mass is 9.98. The second-order valence-electron chi connectivity index (χ2n) is 5.00. The van der Waals surface area contributed by atoms with Crippen LogP contribution in [0.2, 0.25) is 0 Å². The second-order valence-corrected chi connectivity index (χ2v) is 5.00. The van der Waals surface area contributed by atoms with E-state index in [9.17, 15) is 4.79 Å². The van der Waals surface area contributed by atoms with Gasteiger partial charge in [-0.1, -0.05) is 24.8 Å². The van der Waals surface area contributed by atoms with E-state index in [1.165, 1.54) is 32.1 Å². The van der Waals surface area contributed by atoms with E-state index in [1.54, 1.807) is 6.08 Å². The van der Waals surface area contributed by atoms with Gasteiger partial charge in [-0.05, 0) is 33.1 Å². The maximum absolute atomic E-state index is 11.3. The Morgan fingerprint density at radius 1 is 1.29 bits per heavy atom. The molecule has 1 N–H and O–H groups in total. The largest absolute Gasteiger partial charge is 0.378 e. The standard InChI is InChI=1S/C14H25NO2/c1-12(2)11-14(16)15-9-6-10-17-13-7-4-3-5-8-13/h11,13H,3-10H2,1-2H3,(H,15,16). The zero-order chi connectivity index (χ0) is 12.5. The van der Waals surface area contributed by atoms with E-state index < -0.39 is 0 Å². The van der Waals surface area contributed by atoms with E-state index in [2.05, 4.69) is 5.32 Å². The molecule has 0 saturated heterocycles. The fourth-order valence-electron chi connectivity index (χ4n) is 2.08. The van der Waals surface area contributed by atoms with Crippen molar-refractivity contribution < 1.29 is 9.53 Å². The molecule has 1 amide bonds. The minimum atomic E-state index is 0.00247. The number of hydrogen-bond acceptors (Lipinski definition) is 2. The predicted molar refractivity (Wildman–Crippen MR) is 69.9 cm³/mol. The number of rotatable bonds is 6. The Morgan fingerprint density at radius 2 is 2.00 bits per heavy atom. The van der Waals surface area contributed by atoms with Gasteiger partial charge in [-0.2, -0.15) is 0 Å². The monoisotopic (exact) mass is 239 g/mol. The van der Waals surface area contributed by atoms with Gasteiger partial charge in [0.25, 0.3) is 0 Å². The van der Waals surface area contributed by atoms with Gasteiger partial charge in [0.05, 0.1) is 6.10 Å². The summed E-state index contributed by atoms with van der Waals surface area (Å²) in [6, 6.07) is 0. The molecule has 0 unspecified atom stereocenters. The molecule has 1 aliphatic carbocycles. The van der Waals surface area contributed by atoms with Gasteiger partial charge >= 0.3 is 0 Å². The zero-order valence-corrected chi connectivity index (χ0v) is 11.1. The molecule has 3 nitrogen and oxygen atoms in total. The van der Waals surface area contributed by atoms with E-state index in [0.717, 1.165) is 18.6 Å². The van der Waals surface area contributed by atoms with Crippen molar-refractivity contribution in [1.29, 1.82) is 0 Å². The number of allylic oxidation sites excluding steroid dienone is 1. The Hall–Kier alpha value is -0.830. The van der Waals surface area contributed by atoms with Crippen molar-refractivity contribution in [3.63, 3.8) is 0 Å². The van der Waals surface area contributed by atoms with Crippen LogP contribution >= 0.6 is 0 Å². The molecule has 0 aromatic heterocycles. The summed E-state index contributed by atoms with van der Waals surface area (Å²) >= 11 is 0. The molecule has 17 heavy (non-hydrogen) atoms. The fraction of sp³-hybridized carbons (Fsp3) is 0.786. The highest BCUT2D eigenvalue weighted by Gasteiger charge is 2.12. The van der Waals surface area contributed by atoms with Crippen LogP contribution in [0.15, 0.2) is 11.6 Å². The zero-order valence-electron chi connectivity index (χ0n) is 11.1. The minimum absolute atomic E-state index is 0.00247. The topological polar surface area (TPSA) is 38.3 Å². The van der Waals surface area contributed by atoms with Crippen molar-refractivity contribution in [2.45, 2.75) is 58.5 Å². The van der Waals surface area contributed by atoms with Gasteiger partial charge in [-0.15, -0.1) is 0 Å². The first-order valence-corrected chi connectivity index (χ1v) is 6.73. The molecule has 0 aromatic rings. The Labute approximate surface area is 105 Å². The number of carbonyl (C=O) groups is 1. The second kappa shape index (κ2) is 8.29. The molecule has 98 valence electrons. The van der Waals surface area contributed by atoms with Crippen LogP contribution in [0.25, 0.3) is 0 Å². The van der Waals surface area contributed by atoms with Crippen LogP contribution < -0.4 is 5.32 Å². The third kappa shape index (κ3) is 7.16. The van der Waals surface area contributed by atoms with Crippen LogP contribution in [0, 0.1) is 0 Å². The van der Waals surface area contributed by atoms with Gasteiger partial charge in [0, 0.05) is 19.2 Å². The maximum atomic E-state index is 11.3. The lowest BCUT2D eigenvalue weighted by Gasteiger charge is -2.21. The molecular formula is C14H25NO2. The van der Waals surface area contributed by atoms with Crippen LogP contribution in [0.4, 0.5) is 0 Å². The van der Waals surface area contributed by atoms with Crippen molar-refractivity contribution in [1.82, 2.24) is 5.32 Å². The number of ether oxygens (including phenoxy) is 1. The van der Waals surface area contributed by atoms with Gasteiger partial charge < -0.3 is 10.1 Å². The molecular weight excluding hydrogens is 214 g/mol. The van der Waals surface area contributed by atoms with Gasteiger partial charge in [0.2, 0.25) is 5.91 Å². The Morgan fingerprint density at radius 3 is 2.65 bits per heavy atom. The maximum Gasteiger partial charge on any atom is 0.243 e. The predicted octanol–water partition coefficient (Wildman–Crippen LogP) is 2.81. The van der Waals surface area contributed by atoms with Gasteiger partial charge in [-0.3, -0.25) is 4.79 Å². The average molecular weight is 239 g/mol. The Balaban J connectivity index is 1.97. The first-order valence-electron chi connectivity index (χ1n) is 6.73. The Bertz CT molecular complexity index is 251. The molecule has 0 heterocycles. The minimum Gasteiger partial charge on any atom is -0.378 e. The highest BCUT2D eigenvalue weighted by Crippen LogP contribution is 2.20. The van der Waals surface area contributed by atoms with E-state index in [0.29, 0.717) is 12.6 Å². The van der Waals surface area contributed by atoms with Gasteiger partial charge in [0.15, 0.2) is 0 Å². The lowest BCUT2D eigenvalue weighted by Crippen LogP contribution is -2.24. The number of nitrogens with one attached hydrogen (secondary N) is 1. The summed E-state index contributed by atoms with van der Waals surface area (Å²) in [6.07, 6.45) is 9.40. The third-order valence-electron chi connectivity index (χ3n) is 2.95. The number of carbonyl (C=O) groups excluding carboxylic acids is 1. The Kier molecular flexibility index (Phi) is 6.94. The molecule has 0 aromatic carbocycles. The first kappa shape index (κ1) is 14.2. The number of hydrogen-bond donors (Lipinski definition) is 1. The van der Waals surface area contributed by atoms with Crippen LogP contribution in [-0.2, 0) is 9.53 Å². The van der Waals surface area contributed by atoms with Gasteiger partial charge in [-0.25, -0.2) is 0 Å². The van der Waals surface area contributed by atoms with E-state index >= 15 is 0 Å². The molecule has 1 fully saturated rings. The van der Waals surface area contributed by atoms with Crippen LogP contribution in [-0.4, -0.2) is 25.2 Å². The van der Waals surface area contributed by atoms with Gasteiger partial charge in [0.1, 0.15) is 0 Å². The summed E-state index contributed by atoms with van der Waals surface area (Å²) in [4.78, 5) is 11.3. The highest BCUT2D eigenvalue weighted by atomic mass is 16.5. The normalized spacial score (nSPS) is 16.6. The lowest BCUT2D eigenvalue weighted by molar-refractivity contribution is -0.116. The summed E-state index contributed by atoms with van der Waals surface area (Å²) in [6.45, 7) is 5.31. The third-order valence-corrected chi connectivity index (χ3v) is 2.95. The molecule has 0 bridgehead atoms. The summed E-state index contributed by atoms with van der Waals surface area (Å²) in [7, 11) is 0. The summed E-state index contributed by atoms with van der Waals surface area (Å²) in [5.74, 6) is 0.00247. The van der Waals surface area contributed by atoms with E-state index in [1.807, 2.05) is 13.8 Å². The highest BCUT2D eigenvalue weighted by molar-refractivity contribution is 5.87. The smallest absolute Gasteiger partial charge is 0.243 e. The van der Waals surface area contributed by atoms with Crippen molar-refractivity contribution >= 4 is 5.91 Å². The molecule has 0 radical (unpaired) electrons. The molecule has 3 heteroatoms. The molecule has 0 atom stereocenters. The molecule has 0 spiro atoms. The quantitative estimate of drug-likeness (QED) is 0.572. The summed E-state index contributed by atoms with van der Waals surface area (Å²) in [5, 5.41) is 2.86. The molecule has 1 saturated carbocycles. The average Bonchev–Trinajstić information content (AvgIpc) is 2.29. The van der Waals surface area contributed by atoms with Crippen molar-refractivity contribution in [3.8, 4) is 0 Å². The van der Waals surface area contributed by atoms with Crippen LogP contribution in [0.5, 0.6) is 0 Å². The van der Waals surface area contributed by atoms with Crippen LogP contribution in [0.1, 0.15) is 52.4 Å². The van der Waals surface area contributed by atoms with E-state index in [4.69, 9.17) is 4.74 Å². The van der Waals surface area contributed by atoms with Crippen molar-refractivity contribution in [3.05, 3.63) is 11.6 Å². The summed E-state index contributed by atoms with van der Waals surface area (Å²) < 4.78 is 5.78. The molecule has 1 aliphatic rings. The fourth-order valence-corrected chi connectivity index (χ4v) is 2.08. The van der Waals surface area contributed by atoms with Crippen molar-refractivity contribution in [2.75, 3.05) is 13.2 Å². The molecule has 1 rings (SSSR count). The van der Waals surface area contributed by atoms with E-state index in [-0.39, 0.29) is 5.91 Å². The number of amides is 1. The van der Waals surface area contributed by atoms with Crippen molar-refractivity contribution in [2.24, 2.45) is 0 Å². The summed E-state index contributed by atoms with van der Waals surface area (Å²) in [5.41, 5.74) is 1.03.